The molecule has 0 saturated heterocycles. The summed E-state index contributed by atoms with van der Waals surface area (Å²) in [6.07, 6.45) is 2.73. The molecule has 1 aliphatic rings. The molecular formula is C20H23N3O3. The van der Waals surface area contributed by atoms with Crippen LogP contribution in [0.3, 0.4) is 0 Å². The van der Waals surface area contributed by atoms with E-state index in [1.54, 1.807) is 30.3 Å². The number of hydrogen-bond acceptors (Lipinski definition) is 5. The van der Waals surface area contributed by atoms with Crippen LogP contribution in [-0.4, -0.2) is 41.1 Å². The second-order valence-electron chi connectivity index (χ2n) is 6.32. The number of phenols is 2. The number of nitrogens with one attached hydrogen (secondary N) is 2. The molecule has 1 heterocycles. The number of phenolic OH excluding ortho intramolecular Hbond substituents is 2. The van der Waals surface area contributed by atoms with Gasteiger partial charge in [-0.25, -0.2) is 0 Å². The van der Waals surface area contributed by atoms with Gasteiger partial charge in [0.2, 0.25) is 0 Å². The van der Waals surface area contributed by atoms with Crippen LogP contribution in [0.15, 0.2) is 53.5 Å². The lowest BCUT2D eigenvalue weighted by Gasteiger charge is -2.12. The van der Waals surface area contributed by atoms with E-state index in [-0.39, 0.29) is 23.4 Å². The molecule has 2 aromatic carbocycles. The molecule has 1 aliphatic heterocycles. The van der Waals surface area contributed by atoms with Gasteiger partial charge in [0.1, 0.15) is 17.3 Å². The van der Waals surface area contributed by atoms with Crippen LogP contribution < -0.4 is 10.6 Å². The molecule has 4 N–H and O–H groups in total. The molecule has 0 saturated carbocycles. The number of hydrogen-bond donors (Lipinski definition) is 4. The number of amides is 1. The minimum atomic E-state index is -0.257. The lowest BCUT2D eigenvalue weighted by molar-refractivity contribution is 0.0950. The molecule has 3 rings (SSSR count). The van der Waals surface area contributed by atoms with E-state index in [4.69, 9.17) is 0 Å². The molecule has 1 atom stereocenters. The Labute approximate surface area is 152 Å². The third kappa shape index (κ3) is 4.33. The fraction of sp³-hybridized carbons (Fsp3) is 0.300. The third-order valence-corrected chi connectivity index (χ3v) is 4.38. The molecular weight excluding hydrogens is 330 g/mol. The van der Waals surface area contributed by atoms with Crippen LogP contribution in [0.1, 0.15) is 35.2 Å². The predicted molar refractivity (Wildman–Crippen MR) is 101 cm³/mol. The first-order chi connectivity index (χ1) is 12.6. The summed E-state index contributed by atoms with van der Waals surface area (Å²) in [4.78, 5) is 16.5. The van der Waals surface area contributed by atoms with E-state index in [0.717, 1.165) is 30.7 Å². The van der Waals surface area contributed by atoms with Gasteiger partial charge in [0.05, 0.1) is 17.7 Å². The summed E-state index contributed by atoms with van der Waals surface area (Å²) < 4.78 is 0. The molecule has 6 heteroatoms. The highest BCUT2D eigenvalue weighted by Gasteiger charge is 2.19. The van der Waals surface area contributed by atoms with Gasteiger partial charge in [0.15, 0.2) is 0 Å². The Morgan fingerprint density at radius 3 is 2.58 bits per heavy atom. The van der Waals surface area contributed by atoms with E-state index in [0.29, 0.717) is 18.7 Å². The number of carbonyl (C=O) groups excluding carboxylic acids is 1. The number of benzene rings is 2. The van der Waals surface area contributed by atoms with Crippen molar-refractivity contribution in [2.75, 3.05) is 13.1 Å². The van der Waals surface area contributed by atoms with Gasteiger partial charge in [-0.3, -0.25) is 9.79 Å². The van der Waals surface area contributed by atoms with Gasteiger partial charge in [-0.05, 0) is 43.5 Å². The average Bonchev–Trinajstić information content (AvgIpc) is 3.10. The smallest absolute Gasteiger partial charge is 0.255 e. The van der Waals surface area contributed by atoms with Crippen molar-refractivity contribution in [2.24, 2.45) is 4.99 Å². The molecule has 26 heavy (non-hydrogen) atoms. The van der Waals surface area contributed by atoms with Crippen molar-refractivity contribution < 1.29 is 15.0 Å². The number of aliphatic imine (C=N–C) groups is 1. The van der Waals surface area contributed by atoms with Crippen molar-refractivity contribution in [3.05, 3.63) is 59.7 Å². The number of rotatable bonds is 7. The minimum Gasteiger partial charge on any atom is -0.507 e. The Bertz CT molecular complexity index is 804. The maximum atomic E-state index is 12.0. The zero-order chi connectivity index (χ0) is 18.4. The van der Waals surface area contributed by atoms with Crippen LogP contribution in [0.2, 0.25) is 0 Å². The van der Waals surface area contributed by atoms with E-state index in [1.807, 2.05) is 12.1 Å². The van der Waals surface area contributed by atoms with E-state index in [2.05, 4.69) is 15.6 Å². The molecule has 0 bridgehead atoms. The largest absolute Gasteiger partial charge is 0.507 e. The molecule has 1 amide bonds. The summed E-state index contributed by atoms with van der Waals surface area (Å²) in [5.74, 6) is 0.702. The summed E-state index contributed by atoms with van der Waals surface area (Å²) >= 11 is 0. The summed E-state index contributed by atoms with van der Waals surface area (Å²) in [6, 6.07) is 13.9. The van der Waals surface area contributed by atoms with Crippen LogP contribution in [-0.2, 0) is 0 Å². The molecule has 0 radical (unpaired) electrons. The van der Waals surface area contributed by atoms with Crippen LogP contribution >= 0.6 is 0 Å². The number of nitrogens with zero attached hydrogens (tertiary/aromatic N) is 1. The Morgan fingerprint density at radius 2 is 1.81 bits per heavy atom. The van der Waals surface area contributed by atoms with Crippen molar-refractivity contribution in [2.45, 2.75) is 25.3 Å². The van der Waals surface area contributed by atoms with Crippen molar-refractivity contribution in [3.63, 3.8) is 0 Å². The Kier molecular flexibility index (Phi) is 5.73. The number of carbonyl (C=O) groups is 1. The quantitative estimate of drug-likeness (QED) is 0.575. The van der Waals surface area contributed by atoms with Gasteiger partial charge in [0.25, 0.3) is 5.91 Å². The first kappa shape index (κ1) is 17.8. The van der Waals surface area contributed by atoms with E-state index in [9.17, 15) is 15.0 Å². The Morgan fingerprint density at radius 1 is 1.08 bits per heavy atom. The van der Waals surface area contributed by atoms with Crippen molar-refractivity contribution in [3.8, 4) is 11.5 Å². The second-order valence-corrected chi connectivity index (χ2v) is 6.32. The zero-order valence-electron chi connectivity index (χ0n) is 14.5. The maximum Gasteiger partial charge on any atom is 0.255 e. The first-order valence-electron chi connectivity index (χ1n) is 8.80. The number of amidine groups is 1. The van der Waals surface area contributed by atoms with Crippen LogP contribution in [0.5, 0.6) is 11.5 Å². The Hall–Kier alpha value is -3.02. The van der Waals surface area contributed by atoms with Crippen LogP contribution in [0, 0.1) is 0 Å². The third-order valence-electron chi connectivity index (χ3n) is 4.38. The first-order valence-corrected chi connectivity index (χ1v) is 8.80. The maximum absolute atomic E-state index is 12.0. The highest BCUT2D eigenvalue weighted by atomic mass is 16.3. The van der Waals surface area contributed by atoms with Crippen LogP contribution in [0.25, 0.3) is 0 Å². The van der Waals surface area contributed by atoms with E-state index < -0.39 is 0 Å². The average molecular weight is 353 g/mol. The number of para-hydroxylation sites is 2. The lowest BCUT2D eigenvalue weighted by atomic mass is 10.1. The molecule has 0 spiro atoms. The summed E-state index contributed by atoms with van der Waals surface area (Å²) in [5.41, 5.74) is 1.02. The standard InChI is InChI=1S/C20H23N3O3/c24-17-10-3-1-8-15(17)19-22-13-14(23-19)7-5-6-12-21-20(26)16-9-2-4-11-18(16)25/h1-4,8-11,14,24-25H,5-7,12-13H2,(H,21,26)(H,22,23)/t14-/m0/s1. The molecule has 0 aromatic heterocycles. The van der Waals surface area contributed by atoms with Gasteiger partial charge in [0, 0.05) is 12.6 Å². The predicted octanol–water partition coefficient (Wildman–Crippen LogP) is 2.42. The van der Waals surface area contributed by atoms with E-state index >= 15 is 0 Å². The summed E-state index contributed by atoms with van der Waals surface area (Å²) in [7, 11) is 0. The van der Waals surface area contributed by atoms with Crippen molar-refractivity contribution in [1.29, 1.82) is 0 Å². The SMILES string of the molecule is O=C(NCCCC[C@H]1CN=C(c2ccccc2O)N1)c1ccccc1O. The number of aromatic hydroxyl groups is 2. The molecule has 136 valence electrons. The monoisotopic (exact) mass is 353 g/mol. The van der Waals surface area contributed by atoms with Crippen LogP contribution in [0.4, 0.5) is 0 Å². The molecule has 0 aliphatic carbocycles. The van der Waals surface area contributed by atoms with Gasteiger partial charge in [-0.15, -0.1) is 0 Å². The van der Waals surface area contributed by atoms with E-state index in [1.165, 1.54) is 6.07 Å². The summed E-state index contributed by atoms with van der Waals surface area (Å²) in [6.45, 7) is 1.25. The molecule has 6 nitrogen and oxygen atoms in total. The van der Waals surface area contributed by atoms with Gasteiger partial charge in [-0.1, -0.05) is 24.3 Å². The minimum absolute atomic E-state index is 0.00556. The number of unbranched alkanes of at least 4 members (excludes halogenated alkanes) is 1. The second kappa shape index (κ2) is 8.38. The van der Waals surface area contributed by atoms with Gasteiger partial charge < -0.3 is 20.8 Å². The fourth-order valence-electron chi connectivity index (χ4n) is 2.96. The fourth-order valence-corrected chi connectivity index (χ4v) is 2.96. The normalized spacial score (nSPS) is 16.0. The summed E-state index contributed by atoms with van der Waals surface area (Å²) in [5, 5.41) is 25.7. The molecule has 0 unspecified atom stereocenters. The topological polar surface area (TPSA) is 94.0 Å². The van der Waals surface area contributed by atoms with Crippen molar-refractivity contribution in [1.82, 2.24) is 10.6 Å². The van der Waals surface area contributed by atoms with Crippen molar-refractivity contribution >= 4 is 11.7 Å². The highest BCUT2D eigenvalue weighted by molar-refractivity contribution is 6.02. The zero-order valence-corrected chi connectivity index (χ0v) is 14.5. The highest BCUT2D eigenvalue weighted by Crippen LogP contribution is 2.19. The van der Waals surface area contributed by atoms with Gasteiger partial charge in [-0.2, -0.15) is 0 Å². The van der Waals surface area contributed by atoms with Gasteiger partial charge >= 0.3 is 0 Å². The molecule has 2 aromatic rings. The molecule has 0 fully saturated rings. The lowest BCUT2D eigenvalue weighted by Crippen LogP contribution is -2.31. The Balaban J connectivity index is 1.36.